The molecule has 0 saturated heterocycles. The highest BCUT2D eigenvalue weighted by Gasteiger charge is 2.16. The average Bonchev–Trinajstić information content (AvgIpc) is 2.38. The third-order valence-corrected chi connectivity index (χ3v) is 4.76. The zero-order valence-electron chi connectivity index (χ0n) is 11.9. The van der Waals surface area contributed by atoms with Gasteiger partial charge in [0.2, 0.25) is 0 Å². The van der Waals surface area contributed by atoms with Crippen LogP contribution in [-0.4, -0.2) is 47.2 Å². The Bertz CT molecular complexity index is 505. The first-order valence-corrected chi connectivity index (χ1v) is 9.41. The van der Waals surface area contributed by atoms with Crippen LogP contribution in [0.15, 0.2) is 28.7 Å². The minimum Gasteiger partial charge on any atom is -0.383 e. The Morgan fingerprint density at radius 1 is 1.35 bits per heavy atom. The maximum atomic E-state index is 11.4. The summed E-state index contributed by atoms with van der Waals surface area (Å²) in [5, 5.41) is 3.31. The Balaban J connectivity index is 2.71. The predicted molar refractivity (Wildman–Crippen MR) is 86.0 cm³/mol. The Kier molecular flexibility index (Phi) is 7.72. The van der Waals surface area contributed by atoms with Gasteiger partial charge in [0.1, 0.15) is 9.84 Å². The molecule has 1 aromatic rings. The third kappa shape index (κ3) is 6.83. The first-order valence-electron chi connectivity index (χ1n) is 6.56. The van der Waals surface area contributed by atoms with Crippen molar-refractivity contribution < 1.29 is 13.2 Å². The fourth-order valence-corrected chi connectivity index (χ4v) is 3.30. The van der Waals surface area contributed by atoms with E-state index in [1.54, 1.807) is 7.11 Å². The van der Waals surface area contributed by atoms with Crippen molar-refractivity contribution in [3.05, 3.63) is 34.3 Å². The predicted octanol–water partition coefficient (Wildman–Crippen LogP) is 2.20. The van der Waals surface area contributed by atoms with Crippen LogP contribution in [0.5, 0.6) is 0 Å². The van der Waals surface area contributed by atoms with Crippen LogP contribution in [0.3, 0.4) is 0 Å². The van der Waals surface area contributed by atoms with Crippen molar-refractivity contribution in [3.63, 3.8) is 0 Å². The van der Waals surface area contributed by atoms with Gasteiger partial charge in [0.25, 0.3) is 0 Å². The molecular weight excluding hydrogens is 342 g/mol. The van der Waals surface area contributed by atoms with Crippen LogP contribution in [0.4, 0.5) is 0 Å². The summed E-state index contributed by atoms with van der Waals surface area (Å²) in [6.45, 7) is 2.15. The number of nitrogens with one attached hydrogen (secondary N) is 1. The maximum Gasteiger partial charge on any atom is 0.147 e. The molecule has 0 aliphatic carbocycles. The first-order chi connectivity index (χ1) is 9.44. The van der Waals surface area contributed by atoms with Gasteiger partial charge in [-0.05, 0) is 24.0 Å². The summed E-state index contributed by atoms with van der Waals surface area (Å²) in [5.41, 5.74) is 1.14. The van der Waals surface area contributed by atoms with E-state index in [0.717, 1.165) is 23.1 Å². The van der Waals surface area contributed by atoms with Crippen molar-refractivity contribution >= 4 is 25.8 Å². The molecule has 0 bridgehead atoms. The van der Waals surface area contributed by atoms with Crippen molar-refractivity contribution in [2.45, 2.75) is 12.3 Å². The summed E-state index contributed by atoms with van der Waals surface area (Å²) in [5.74, 6) is 0.363. The van der Waals surface area contributed by atoms with E-state index >= 15 is 0 Å². The van der Waals surface area contributed by atoms with Gasteiger partial charge in [0, 0.05) is 30.9 Å². The van der Waals surface area contributed by atoms with Crippen molar-refractivity contribution in [2.75, 3.05) is 38.8 Å². The van der Waals surface area contributed by atoms with Crippen molar-refractivity contribution in [1.82, 2.24) is 5.32 Å². The molecule has 114 valence electrons. The van der Waals surface area contributed by atoms with Gasteiger partial charge in [-0.15, -0.1) is 0 Å². The number of ether oxygens (including phenoxy) is 1. The average molecular weight is 364 g/mol. The van der Waals surface area contributed by atoms with E-state index in [-0.39, 0.29) is 11.7 Å². The molecule has 1 aromatic carbocycles. The summed E-state index contributed by atoms with van der Waals surface area (Å²) in [6.07, 6.45) is 1.89. The minimum absolute atomic E-state index is 0.164. The fraction of sp³-hybridized carbons (Fsp3) is 0.571. The number of hydrogen-bond acceptors (Lipinski definition) is 4. The lowest BCUT2D eigenvalue weighted by Gasteiger charge is -2.19. The van der Waals surface area contributed by atoms with E-state index in [9.17, 15) is 8.42 Å². The van der Waals surface area contributed by atoms with Gasteiger partial charge in [0.15, 0.2) is 0 Å². The molecule has 1 unspecified atom stereocenters. The molecule has 0 aliphatic heterocycles. The van der Waals surface area contributed by atoms with E-state index in [0.29, 0.717) is 13.0 Å². The number of hydrogen-bond donors (Lipinski definition) is 1. The third-order valence-electron chi connectivity index (χ3n) is 3.06. The molecule has 0 saturated carbocycles. The standard InChI is InChI=1S/C14H22BrNO3S/c1-19-9-8-16-11-12(7-10-20(2,17)18)13-5-3-4-6-14(13)15/h3-6,12,16H,7-11H2,1-2H3. The Labute approximate surface area is 130 Å². The highest BCUT2D eigenvalue weighted by Crippen LogP contribution is 2.27. The monoisotopic (exact) mass is 363 g/mol. The van der Waals surface area contributed by atoms with Crippen LogP contribution < -0.4 is 5.32 Å². The second-order valence-electron chi connectivity index (χ2n) is 4.83. The molecule has 0 aliphatic rings. The first kappa shape index (κ1) is 17.6. The Morgan fingerprint density at radius 2 is 2.05 bits per heavy atom. The molecule has 1 N–H and O–H groups in total. The lowest BCUT2D eigenvalue weighted by atomic mass is 9.96. The summed E-state index contributed by atoms with van der Waals surface area (Å²) >= 11 is 3.54. The Hall–Kier alpha value is -0.430. The number of halogens is 1. The van der Waals surface area contributed by atoms with E-state index in [4.69, 9.17) is 4.74 Å². The van der Waals surface area contributed by atoms with Crippen LogP contribution in [0.25, 0.3) is 0 Å². The van der Waals surface area contributed by atoms with Crippen LogP contribution >= 0.6 is 15.9 Å². The van der Waals surface area contributed by atoms with Gasteiger partial charge in [-0.3, -0.25) is 0 Å². The highest BCUT2D eigenvalue weighted by atomic mass is 79.9. The quantitative estimate of drug-likeness (QED) is 0.683. The lowest BCUT2D eigenvalue weighted by molar-refractivity contribution is 0.199. The van der Waals surface area contributed by atoms with Gasteiger partial charge in [-0.2, -0.15) is 0 Å². The van der Waals surface area contributed by atoms with Crippen LogP contribution in [0.1, 0.15) is 17.9 Å². The molecule has 1 atom stereocenters. The summed E-state index contributed by atoms with van der Waals surface area (Å²) < 4.78 is 28.8. The highest BCUT2D eigenvalue weighted by molar-refractivity contribution is 9.10. The summed E-state index contributed by atoms with van der Waals surface area (Å²) in [4.78, 5) is 0. The Morgan fingerprint density at radius 3 is 2.65 bits per heavy atom. The zero-order chi connectivity index (χ0) is 15.0. The van der Waals surface area contributed by atoms with Crippen LogP contribution in [-0.2, 0) is 14.6 Å². The fourth-order valence-electron chi connectivity index (χ4n) is 1.98. The number of benzene rings is 1. The van der Waals surface area contributed by atoms with Gasteiger partial charge < -0.3 is 10.1 Å². The SMILES string of the molecule is COCCNCC(CCS(C)(=O)=O)c1ccccc1Br. The number of methoxy groups -OCH3 is 1. The normalized spacial score (nSPS) is 13.3. The summed E-state index contributed by atoms with van der Waals surface area (Å²) in [6, 6.07) is 7.95. The van der Waals surface area contributed by atoms with Crippen molar-refractivity contribution in [1.29, 1.82) is 0 Å². The van der Waals surface area contributed by atoms with Crippen LogP contribution in [0, 0.1) is 0 Å². The molecule has 4 nitrogen and oxygen atoms in total. The molecule has 0 heterocycles. The minimum atomic E-state index is -2.94. The molecule has 0 aromatic heterocycles. The molecule has 6 heteroatoms. The van der Waals surface area contributed by atoms with Gasteiger partial charge in [-0.25, -0.2) is 8.42 Å². The van der Waals surface area contributed by atoms with Crippen LogP contribution in [0.2, 0.25) is 0 Å². The van der Waals surface area contributed by atoms with E-state index in [2.05, 4.69) is 21.2 Å². The largest absolute Gasteiger partial charge is 0.383 e. The maximum absolute atomic E-state index is 11.4. The van der Waals surface area contributed by atoms with Gasteiger partial charge in [0.05, 0.1) is 12.4 Å². The molecule has 1 rings (SSSR count). The molecule has 0 fully saturated rings. The number of rotatable bonds is 9. The van der Waals surface area contributed by atoms with E-state index in [1.165, 1.54) is 6.26 Å². The molecule has 0 amide bonds. The second-order valence-corrected chi connectivity index (χ2v) is 7.95. The molecule has 20 heavy (non-hydrogen) atoms. The summed E-state index contributed by atoms with van der Waals surface area (Å²) in [7, 11) is -1.28. The second kappa shape index (κ2) is 8.77. The zero-order valence-corrected chi connectivity index (χ0v) is 14.3. The molecule has 0 radical (unpaired) electrons. The van der Waals surface area contributed by atoms with Crippen molar-refractivity contribution in [2.24, 2.45) is 0 Å². The smallest absolute Gasteiger partial charge is 0.147 e. The lowest BCUT2D eigenvalue weighted by Crippen LogP contribution is -2.26. The van der Waals surface area contributed by atoms with Gasteiger partial charge >= 0.3 is 0 Å². The molecule has 0 spiro atoms. The van der Waals surface area contributed by atoms with Crippen molar-refractivity contribution in [3.8, 4) is 0 Å². The number of sulfone groups is 1. The topological polar surface area (TPSA) is 55.4 Å². The molecular formula is C14H22BrNO3S. The van der Waals surface area contributed by atoms with Gasteiger partial charge in [-0.1, -0.05) is 34.1 Å². The van der Waals surface area contributed by atoms with E-state index in [1.807, 2.05) is 24.3 Å². The van der Waals surface area contributed by atoms with E-state index < -0.39 is 9.84 Å².